The Balaban J connectivity index is 2.43. The van der Waals surface area contributed by atoms with Gasteiger partial charge < -0.3 is 5.32 Å². The maximum absolute atomic E-state index is 13.6. The van der Waals surface area contributed by atoms with Crippen molar-refractivity contribution < 1.29 is 13.2 Å². The first-order valence-electron chi connectivity index (χ1n) is 5.13. The molecule has 0 unspecified atom stereocenters. The number of nitrogens with zero attached hydrogens (tertiary/aromatic N) is 1. The van der Waals surface area contributed by atoms with Gasteiger partial charge in [-0.25, -0.2) is 13.2 Å². The van der Waals surface area contributed by atoms with Gasteiger partial charge in [-0.05, 0) is 24.3 Å². The molecule has 0 bridgehead atoms. The van der Waals surface area contributed by atoms with Gasteiger partial charge in [0.05, 0.1) is 22.0 Å². The third-order valence-corrected chi connectivity index (χ3v) is 2.72. The molecule has 0 aromatic heterocycles. The molecule has 19 heavy (non-hydrogen) atoms. The van der Waals surface area contributed by atoms with Crippen molar-refractivity contribution in [1.82, 2.24) is 0 Å². The molecule has 0 heterocycles. The summed E-state index contributed by atoms with van der Waals surface area (Å²) in [4.78, 5) is 0. The number of rotatable bonds is 2. The highest BCUT2D eigenvalue weighted by atomic mass is 35.5. The van der Waals surface area contributed by atoms with Crippen molar-refractivity contribution in [2.45, 2.75) is 0 Å². The summed E-state index contributed by atoms with van der Waals surface area (Å²) in [6.07, 6.45) is 0. The number of halogens is 4. The summed E-state index contributed by atoms with van der Waals surface area (Å²) in [5.41, 5.74) is -0.789. The monoisotopic (exact) mass is 282 g/mol. The van der Waals surface area contributed by atoms with E-state index in [2.05, 4.69) is 5.32 Å². The highest BCUT2D eigenvalue weighted by Gasteiger charge is 2.15. The molecule has 1 N–H and O–H groups in total. The number of nitrogens with one attached hydrogen (secondary N) is 1. The minimum atomic E-state index is -1.28. The summed E-state index contributed by atoms with van der Waals surface area (Å²) in [6, 6.07) is 7.89. The summed E-state index contributed by atoms with van der Waals surface area (Å²) < 4.78 is 40.6. The Bertz CT molecular complexity index is 680. The fourth-order valence-electron chi connectivity index (χ4n) is 1.48. The zero-order valence-corrected chi connectivity index (χ0v) is 10.1. The second-order valence-electron chi connectivity index (χ2n) is 3.63. The molecule has 0 fully saturated rings. The van der Waals surface area contributed by atoms with Gasteiger partial charge in [0.15, 0.2) is 17.5 Å². The molecule has 0 aliphatic heterocycles. The average molecular weight is 283 g/mol. The van der Waals surface area contributed by atoms with Crippen molar-refractivity contribution >= 4 is 23.0 Å². The molecule has 0 aliphatic rings. The van der Waals surface area contributed by atoms with E-state index in [1.54, 1.807) is 0 Å². The second kappa shape index (κ2) is 5.21. The molecule has 0 atom stereocenters. The summed E-state index contributed by atoms with van der Waals surface area (Å²) >= 11 is 5.57. The van der Waals surface area contributed by atoms with Crippen LogP contribution in [0.5, 0.6) is 0 Å². The third-order valence-electron chi connectivity index (χ3n) is 2.42. The van der Waals surface area contributed by atoms with E-state index in [-0.39, 0.29) is 16.4 Å². The predicted octanol–water partition coefficient (Wildman–Crippen LogP) is 4.37. The van der Waals surface area contributed by atoms with E-state index < -0.39 is 23.0 Å². The van der Waals surface area contributed by atoms with E-state index in [0.29, 0.717) is 0 Å². The van der Waals surface area contributed by atoms with Crippen molar-refractivity contribution in [2.75, 3.05) is 5.32 Å². The van der Waals surface area contributed by atoms with Crippen LogP contribution in [0.3, 0.4) is 0 Å². The van der Waals surface area contributed by atoms with Gasteiger partial charge >= 0.3 is 0 Å². The molecule has 0 aliphatic carbocycles. The molecule has 2 aromatic carbocycles. The molecular weight excluding hydrogens is 277 g/mol. The maximum atomic E-state index is 13.6. The van der Waals surface area contributed by atoms with Gasteiger partial charge in [-0.15, -0.1) is 0 Å². The minimum Gasteiger partial charge on any atom is -0.351 e. The first kappa shape index (κ1) is 13.2. The van der Waals surface area contributed by atoms with Crippen LogP contribution in [-0.4, -0.2) is 0 Å². The Hall–Kier alpha value is -2.19. The lowest BCUT2D eigenvalue weighted by atomic mass is 10.2. The summed E-state index contributed by atoms with van der Waals surface area (Å²) in [5, 5.41) is 10.8. The van der Waals surface area contributed by atoms with Crippen molar-refractivity contribution in [3.05, 3.63) is 58.4 Å². The van der Waals surface area contributed by atoms with Crippen molar-refractivity contribution in [1.29, 1.82) is 5.26 Å². The van der Waals surface area contributed by atoms with E-state index >= 15 is 0 Å². The quantitative estimate of drug-likeness (QED) is 0.887. The topological polar surface area (TPSA) is 35.8 Å². The molecule has 2 rings (SSSR count). The van der Waals surface area contributed by atoms with Crippen molar-refractivity contribution in [3.63, 3.8) is 0 Å². The zero-order valence-electron chi connectivity index (χ0n) is 9.35. The molecule has 0 saturated carbocycles. The van der Waals surface area contributed by atoms with Gasteiger partial charge in [-0.1, -0.05) is 17.7 Å². The minimum absolute atomic E-state index is 0.0875. The van der Waals surface area contributed by atoms with E-state index in [1.165, 1.54) is 24.3 Å². The number of hydrogen-bond acceptors (Lipinski definition) is 2. The van der Waals surface area contributed by atoms with Crippen LogP contribution >= 0.6 is 11.6 Å². The van der Waals surface area contributed by atoms with Crippen molar-refractivity contribution in [3.8, 4) is 6.07 Å². The highest BCUT2D eigenvalue weighted by Crippen LogP contribution is 2.28. The Morgan fingerprint density at radius 3 is 2.32 bits per heavy atom. The van der Waals surface area contributed by atoms with Gasteiger partial charge in [-0.2, -0.15) is 5.26 Å². The molecule has 0 amide bonds. The summed E-state index contributed by atoms with van der Waals surface area (Å²) in [7, 11) is 0. The van der Waals surface area contributed by atoms with Crippen LogP contribution in [0.1, 0.15) is 5.56 Å². The molecule has 6 heteroatoms. The van der Waals surface area contributed by atoms with Crippen LogP contribution in [0.15, 0.2) is 30.3 Å². The normalized spacial score (nSPS) is 10.1. The molecule has 96 valence electrons. The van der Waals surface area contributed by atoms with E-state index in [4.69, 9.17) is 16.9 Å². The third kappa shape index (κ3) is 2.49. The Morgan fingerprint density at radius 2 is 1.63 bits per heavy atom. The standard InChI is InChI=1S/C13H6ClF3N2/c14-8-2-1-3-9(12(8)16)19-10-5-4-7(6-18)11(15)13(10)17/h1-5,19H. The number of nitriles is 1. The molecule has 2 nitrogen and oxygen atoms in total. The van der Waals surface area contributed by atoms with Gasteiger partial charge in [-0.3, -0.25) is 0 Å². The largest absolute Gasteiger partial charge is 0.351 e. The van der Waals surface area contributed by atoms with Gasteiger partial charge in [0, 0.05) is 0 Å². The molecule has 2 aromatic rings. The second-order valence-corrected chi connectivity index (χ2v) is 4.03. The Kier molecular flexibility index (Phi) is 3.63. The van der Waals surface area contributed by atoms with E-state index in [1.807, 2.05) is 0 Å². The first-order chi connectivity index (χ1) is 9.04. The maximum Gasteiger partial charge on any atom is 0.183 e. The van der Waals surface area contributed by atoms with E-state index in [9.17, 15) is 13.2 Å². The molecule has 0 radical (unpaired) electrons. The van der Waals surface area contributed by atoms with Crippen LogP contribution in [0, 0.1) is 28.8 Å². The predicted molar refractivity (Wildman–Crippen MR) is 65.8 cm³/mol. The lowest BCUT2D eigenvalue weighted by Crippen LogP contribution is -2.00. The molecular formula is C13H6ClF3N2. The van der Waals surface area contributed by atoms with E-state index in [0.717, 1.165) is 12.1 Å². The highest BCUT2D eigenvalue weighted by molar-refractivity contribution is 6.31. The van der Waals surface area contributed by atoms with Gasteiger partial charge in [0.1, 0.15) is 6.07 Å². The van der Waals surface area contributed by atoms with Crippen LogP contribution in [-0.2, 0) is 0 Å². The SMILES string of the molecule is N#Cc1ccc(Nc2cccc(Cl)c2F)c(F)c1F. The van der Waals surface area contributed by atoms with Gasteiger partial charge in [0.25, 0.3) is 0 Å². The smallest absolute Gasteiger partial charge is 0.183 e. The summed E-state index contributed by atoms with van der Waals surface area (Å²) in [5.74, 6) is -3.30. The van der Waals surface area contributed by atoms with Crippen molar-refractivity contribution in [2.24, 2.45) is 0 Å². The first-order valence-corrected chi connectivity index (χ1v) is 5.51. The van der Waals surface area contributed by atoms with Crippen LogP contribution in [0.25, 0.3) is 0 Å². The number of benzene rings is 2. The molecule has 0 spiro atoms. The molecule has 0 saturated heterocycles. The van der Waals surface area contributed by atoms with Crippen LogP contribution < -0.4 is 5.32 Å². The number of hydrogen-bond donors (Lipinski definition) is 1. The lowest BCUT2D eigenvalue weighted by molar-refractivity contribution is 0.509. The fraction of sp³-hybridized carbons (Fsp3) is 0. The lowest BCUT2D eigenvalue weighted by Gasteiger charge is -2.10. The Labute approximate surface area is 112 Å². The van der Waals surface area contributed by atoms with Crippen LogP contribution in [0.2, 0.25) is 5.02 Å². The number of anilines is 2. The average Bonchev–Trinajstić information content (AvgIpc) is 2.40. The summed E-state index contributed by atoms with van der Waals surface area (Å²) in [6.45, 7) is 0. The Morgan fingerprint density at radius 1 is 0.947 bits per heavy atom. The van der Waals surface area contributed by atoms with Gasteiger partial charge in [0.2, 0.25) is 0 Å². The zero-order chi connectivity index (χ0) is 14.0. The van der Waals surface area contributed by atoms with Crippen LogP contribution in [0.4, 0.5) is 24.5 Å². The fourth-order valence-corrected chi connectivity index (χ4v) is 1.65.